The van der Waals surface area contributed by atoms with Crippen molar-refractivity contribution >= 4 is 21.7 Å². The number of nitrogens with zero attached hydrogens (tertiary/aromatic N) is 2. The molecule has 3 rings (SSSR count). The molecular weight excluding hydrogens is 172 g/mol. The molecule has 1 radical (unpaired) electrons. The lowest BCUT2D eigenvalue weighted by Crippen LogP contribution is -1.81. The smallest absolute Gasteiger partial charge is 0.0892 e. The summed E-state index contributed by atoms with van der Waals surface area (Å²) < 4.78 is 0. The second-order valence-corrected chi connectivity index (χ2v) is 3.17. The van der Waals surface area contributed by atoms with Gasteiger partial charge in [-0.2, -0.15) is 0 Å². The Bertz CT molecular complexity index is 547. The van der Waals surface area contributed by atoms with Gasteiger partial charge in [-0.15, -0.1) is 0 Å². The molecule has 0 fully saturated rings. The van der Waals surface area contributed by atoms with Crippen LogP contribution >= 0.6 is 0 Å². The van der Waals surface area contributed by atoms with Crippen LogP contribution in [0.2, 0.25) is 0 Å². The van der Waals surface area contributed by atoms with E-state index in [1.165, 1.54) is 0 Å². The number of hydrogen-bond acceptors (Lipinski definition) is 2. The molecule has 65 valence electrons. The lowest BCUT2D eigenvalue weighted by molar-refractivity contribution is 1.35. The van der Waals surface area contributed by atoms with Crippen molar-refractivity contribution in [3.05, 3.63) is 48.9 Å². The molecule has 0 saturated carbocycles. The summed E-state index contributed by atoms with van der Waals surface area (Å²) in [5.41, 5.74) is 1.01. The number of fused-ring (bicyclic) bond motifs is 3. The van der Waals surface area contributed by atoms with E-state index in [1.54, 1.807) is 6.20 Å². The van der Waals surface area contributed by atoms with Gasteiger partial charge in [-0.3, -0.25) is 9.97 Å². The second-order valence-electron chi connectivity index (χ2n) is 3.17. The topological polar surface area (TPSA) is 25.8 Å². The summed E-state index contributed by atoms with van der Waals surface area (Å²) in [6.07, 6.45) is 6.46. The highest BCUT2D eigenvalue weighted by Gasteiger charge is 1.99. The van der Waals surface area contributed by atoms with Crippen LogP contribution in [0.1, 0.15) is 0 Å². The van der Waals surface area contributed by atoms with Crippen molar-refractivity contribution in [3.63, 3.8) is 0 Å². The molecule has 2 heterocycles. The fourth-order valence-electron chi connectivity index (χ4n) is 1.67. The average molecular weight is 179 g/mol. The maximum absolute atomic E-state index is 4.29. The van der Waals surface area contributed by atoms with Crippen LogP contribution in [0, 0.1) is 6.20 Å². The van der Waals surface area contributed by atoms with Crippen molar-refractivity contribution in [1.82, 2.24) is 9.97 Å². The van der Waals surface area contributed by atoms with E-state index in [2.05, 4.69) is 22.2 Å². The third kappa shape index (κ3) is 0.973. The zero-order chi connectivity index (χ0) is 9.38. The van der Waals surface area contributed by atoms with Gasteiger partial charge in [0.15, 0.2) is 0 Å². The summed E-state index contributed by atoms with van der Waals surface area (Å²) in [6, 6.07) is 9.96. The number of hydrogen-bond donors (Lipinski definition) is 0. The fraction of sp³-hybridized carbons (Fsp3) is 0. The number of pyridine rings is 2. The van der Waals surface area contributed by atoms with Gasteiger partial charge in [0.1, 0.15) is 0 Å². The van der Waals surface area contributed by atoms with Crippen LogP contribution in [-0.2, 0) is 0 Å². The molecule has 0 unspecified atom stereocenters. The lowest BCUT2D eigenvalue weighted by Gasteiger charge is -2.00. The van der Waals surface area contributed by atoms with E-state index in [9.17, 15) is 0 Å². The van der Waals surface area contributed by atoms with Gasteiger partial charge in [0, 0.05) is 23.2 Å². The fourth-order valence-corrected chi connectivity index (χ4v) is 1.67. The number of benzene rings is 1. The molecule has 0 amide bonds. The Kier molecular flexibility index (Phi) is 1.47. The van der Waals surface area contributed by atoms with E-state index in [0.29, 0.717) is 0 Å². The van der Waals surface area contributed by atoms with Gasteiger partial charge in [0.05, 0.1) is 11.7 Å². The summed E-state index contributed by atoms with van der Waals surface area (Å²) in [5.74, 6) is 0. The second kappa shape index (κ2) is 2.77. The lowest BCUT2D eigenvalue weighted by atomic mass is 10.1. The van der Waals surface area contributed by atoms with Crippen molar-refractivity contribution in [2.45, 2.75) is 0 Å². The van der Waals surface area contributed by atoms with Gasteiger partial charge in [0.2, 0.25) is 0 Å². The molecule has 2 nitrogen and oxygen atoms in total. The number of aromatic nitrogens is 2. The highest BCUT2D eigenvalue weighted by atomic mass is 14.6. The van der Waals surface area contributed by atoms with Crippen LogP contribution in [0.4, 0.5) is 0 Å². The minimum atomic E-state index is 1.01. The van der Waals surface area contributed by atoms with E-state index < -0.39 is 0 Å². The first-order valence-electron chi connectivity index (χ1n) is 4.45. The van der Waals surface area contributed by atoms with E-state index in [4.69, 9.17) is 0 Å². The highest BCUT2D eigenvalue weighted by Crippen LogP contribution is 2.22. The molecule has 0 aliphatic rings. The van der Waals surface area contributed by atoms with Crippen LogP contribution in [0.15, 0.2) is 42.7 Å². The third-order valence-corrected chi connectivity index (χ3v) is 2.35. The van der Waals surface area contributed by atoms with E-state index in [0.717, 1.165) is 21.7 Å². The summed E-state index contributed by atoms with van der Waals surface area (Å²) in [6.45, 7) is 0. The van der Waals surface area contributed by atoms with Gasteiger partial charge in [0.25, 0.3) is 0 Å². The molecule has 0 bridgehead atoms. The van der Waals surface area contributed by atoms with E-state index >= 15 is 0 Å². The van der Waals surface area contributed by atoms with Crippen LogP contribution in [-0.4, -0.2) is 9.97 Å². The normalized spacial score (nSPS) is 10.9. The molecular formula is C12H7N2. The molecule has 0 aliphatic carbocycles. The largest absolute Gasteiger partial charge is 0.256 e. The average Bonchev–Trinajstić information content (AvgIpc) is 2.29. The quantitative estimate of drug-likeness (QED) is 0.496. The van der Waals surface area contributed by atoms with Crippen LogP contribution in [0.3, 0.4) is 0 Å². The summed E-state index contributed by atoms with van der Waals surface area (Å²) in [5, 5.41) is 3.43. The van der Waals surface area contributed by atoms with Gasteiger partial charge >= 0.3 is 0 Å². The Morgan fingerprint density at radius 3 is 3.07 bits per heavy atom. The Hall–Kier alpha value is -1.96. The van der Waals surface area contributed by atoms with Crippen LogP contribution < -0.4 is 0 Å². The Balaban J connectivity index is 2.61. The summed E-state index contributed by atoms with van der Waals surface area (Å²) in [4.78, 5) is 8.30. The monoisotopic (exact) mass is 179 g/mol. The molecule has 0 N–H and O–H groups in total. The first-order chi connectivity index (χ1) is 6.95. The van der Waals surface area contributed by atoms with E-state index in [1.807, 2.05) is 30.5 Å². The molecule has 0 spiro atoms. The minimum absolute atomic E-state index is 1.01. The minimum Gasteiger partial charge on any atom is -0.256 e. The van der Waals surface area contributed by atoms with Crippen molar-refractivity contribution in [3.8, 4) is 0 Å². The zero-order valence-electron chi connectivity index (χ0n) is 7.44. The zero-order valence-corrected chi connectivity index (χ0v) is 7.44. The van der Waals surface area contributed by atoms with Crippen molar-refractivity contribution < 1.29 is 0 Å². The predicted octanol–water partition coefficient (Wildman–Crippen LogP) is 2.58. The SMILES string of the molecule is [c]1cc2ccc3ncccc3c2cn1. The third-order valence-electron chi connectivity index (χ3n) is 2.35. The Morgan fingerprint density at radius 2 is 2.07 bits per heavy atom. The van der Waals surface area contributed by atoms with Crippen LogP contribution in [0.25, 0.3) is 21.7 Å². The Labute approximate surface area is 81.2 Å². The molecule has 1 aromatic carbocycles. The van der Waals surface area contributed by atoms with Crippen molar-refractivity contribution in [2.75, 3.05) is 0 Å². The molecule has 0 aliphatic heterocycles. The van der Waals surface area contributed by atoms with Crippen molar-refractivity contribution in [1.29, 1.82) is 0 Å². The summed E-state index contributed by atoms with van der Waals surface area (Å²) >= 11 is 0. The molecule has 2 aromatic heterocycles. The van der Waals surface area contributed by atoms with E-state index in [-0.39, 0.29) is 0 Å². The molecule has 14 heavy (non-hydrogen) atoms. The van der Waals surface area contributed by atoms with Crippen LogP contribution in [0.5, 0.6) is 0 Å². The number of rotatable bonds is 0. The van der Waals surface area contributed by atoms with Gasteiger partial charge in [-0.1, -0.05) is 12.1 Å². The van der Waals surface area contributed by atoms with Gasteiger partial charge in [-0.25, -0.2) is 0 Å². The maximum Gasteiger partial charge on any atom is 0.0892 e. The molecule has 2 heteroatoms. The van der Waals surface area contributed by atoms with Gasteiger partial charge < -0.3 is 0 Å². The predicted molar refractivity (Wildman–Crippen MR) is 55.9 cm³/mol. The Morgan fingerprint density at radius 1 is 1.07 bits per heavy atom. The maximum atomic E-state index is 4.29. The molecule has 0 saturated heterocycles. The molecule has 3 aromatic rings. The summed E-state index contributed by atoms with van der Waals surface area (Å²) in [7, 11) is 0. The standard InChI is InChI=1S/C12H7N2/c1-2-10-11-8-13-7-5-9(11)3-4-12(10)14-6-1/h1-6,8H. The highest BCUT2D eigenvalue weighted by molar-refractivity contribution is 6.05. The van der Waals surface area contributed by atoms with Gasteiger partial charge in [-0.05, 0) is 23.6 Å². The van der Waals surface area contributed by atoms with Crippen molar-refractivity contribution in [2.24, 2.45) is 0 Å². The first kappa shape index (κ1) is 7.44. The molecule has 0 atom stereocenters. The first-order valence-corrected chi connectivity index (χ1v) is 4.45.